The van der Waals surface area contributed by atoms with E-state index in [2.05, 4.69) is 0 Å². The lowest BCUT2D eigenvalue weighted by molar-refractivity contribution is -0.142. The molecule has 0 bridgehead atoms. The molecule has 0 spiro atoms. The molecule has 0 saturated carbocycles. The molecule has 1 aliphatic heterocycles. The van der Waals surface area contributed by atoms with Gasteiger partial charge in [-0.2, -0.15) is 17.4 Å². The van der Waals surface area contributed by atoms with Crippen LogP contribution in [0.15, 0.2) is 0 Å². The summed E-state index contributed by atoms with van der Waals surface area (Å²) in [6.07, 6.45) is -4.74. The topological polar surface area (TPSA) is 107 Å². The molecule has 10 heteroatoms. The maximum Gasteiger partial charge on any atom is 0.306 e. The number of hydrogen-bond donors (Lipinski definition) is 3. The van der Waals surface area contributed by atoms with Gasteiger partial charge in [0.25, 0.3) is 16.6 Å². The van der Waals surface area contributed by atoms with Crippen LogP contribution < -0.4 is 4.72 Å². The zero-order valence-corrected chi connectivity index (χ0v) is 10.8. The maximum atomic E-state index is 12.0. The van der Waals surface area contributed by atoms with E-state index in [-0.39, 0.29) is 25.9 Å². The monoisotopic (exact) mass is 302 g/mol. The Bertz CT molecular complexity index is 409. The minimum absolute atomic E-state index is 0.0110. The van der Waals surface area contributed by atoms with Crippen LogP contribution >= 0.6 is 0 Å². The Morgan fingerprint density at radius 1 is 1.37 bits per heavy atom. The fraction of sp³-hybridized carbons (Fsp3) is 0.889. The van der Waals surface area contributed by atoms with E-state index in [1.807, 2.05) is 4.72 Å². The van der Waals surface area contributed by atoms with Crippen molar-refractivity contribution in [2.75, 3.05) is 19.6 Å². The first kappa shape index (κ1) is 16.2. The number of piperidine rings is 1. The lowest BCUT2D eigenvalue weighted by atomic mass is 9.99. The molecule has 0 aromatic heterocycles. The van der Waals surface area contributed by atoms with Crippen LogP contribution in [0.3, 0.4) is 0 Å². The van der Waals surface area contributed by atoms with E-state index < -0.39 is 41.2 Å². The summed E-state index contributed by atoms with van der Waals surface area (Å²) in [4.78, 5) is 10.7. The van der Waals surface area contributed by atoms with E-state index in [9.17, 15) is 22.0 Å². The van der Waals surface area contributed by atoms with Crippen molar-refractivity contribution < 1.29 is 32.2 Å². The molecular formula is C9H16F2N2O5S. The molecule has 0 aromatic carbocycles. The van der Waals surface area contributed by atoms with Crippen molar-refractivity contribution in [2.45, 2.75) is 25.4 Å². The van der Waals surface area contributed by atoms with Crippen molar-refractivity contribution in [3.8, 4) is 0 Å². The predicted octanol–water partition coefficient (Wildman–Crippen LogP) is -0.757. The Labute approximate surface area is 109 Å². The van der Waals surface area contributed by atoms with Crippen LogP contribution in [0.25, 0.3) is 0 Å². The molecule has 1 rings (SSSR count). The zero-order valence-electron chi connectivity index (χ0n) is 10.00. The van der Waals surface area contributed by atoms with Crippen molar-refractivity contribution in [3.63, 3.8) is 0 Å². The molecule has 112 valence electrons. The quantitative estimate of drug-likeness (QED) is 0.598. The van der Waals surface area contributed by atoms with Gasteiger partial charge in [-0.3, -0.25) is 4.79 Å². The average Bonchev–Trinajstić information content (AvgIpc) is 2.36. The SMILES string of the molecule is O=C(O)C1CCN(S(=O)(=O)NCC(O)C(F)F)CC1. The fourth-order valence-corrected chi connectivity index (χ4v) is 2.97. The lowest BCUT2D eigenvalue weighted by Crippen LogP contribution is -2.48. The lowest BCUT2D eigenvalue weighted by Gasteiger charge is -2.29. The van der Waals surface area contributed by atoms with E-state index in [0.717, 1.165) is 4.31 Å². The second kappa shape index (κ2) is 6.55. The number of carboxylic acids is 1. The van der Waals surface area contributed by atoms with Gasteiger partial charge in [-0.1, -0.05) is 0 Å². The molecule has 1 atom stereocenters. The number of nitrogens with one attached hydrogen (secondary N) is 1. The molecule has 1 heterocycles. The minimum atomic E-state index is -3.96. The highest BCUT2D eigenvalue weighted by Crippen LogP contribution is 2.19. The van der Waals surface area contributed by atoms with Gasteiger partial charge < -0.3 is 10.2 Å². The Morgan fingerprint density at radius 2 is 1.89 bits per heavy atom. The third-order valence-corrected chi connectivity index (χ3v) is 4.49. The number of rotatable bonds is 6. The van der Waals surface area contributed by atoms with Crippen LogP contribution in [0.1, 0.15) is 12.8 Å². The van der Waals surface area contributed by atoms with Gasteiger partial charge in [0, 0.05) is 19.6 Å². The summed E-state index contributed by atoms with van der Waals surface area (Å²) in [5.41, 5.74) is 0. The van der Waals surface area contributed by atoms with E-state index >= 15 is 0 Å². The predicted molar refractivity (Wildman–Crippen MR) is 60.9 cm³/mol. The molecule has 1 saturated heterocycles. The summed E-state index contributed by atoms with van der Waals surface area (Å²) < 4.78 is 50.3. The van der Waals surface area contributed by atoms with Crippen molar-refractivity contribution in [3.05, 3.63) is 0 Å². The molecular weight excluding hydrogens is 286 g/mol. The Morgan fingerprint density at radius 3 is 2.32 bits per heavy atom. The molecule has 3 N–H and O–H groups in total. The summed E-state index contributed by atoms with van der Waals surface area (Å²) in [5.74, 6) is -1.56. The molecule has 1 fully saturated rings. The van der Waals surface area contributed by atoms with Crippen LogP contribution in [0.5, 0.6) is 0 Å². The Kier molecular flexibility index (Phi) is 5.59. The normalized spacial score (nSPS) is 20.6. The van der Waals surface area contributed by atoms with Gasteiger partial charge in [-0.15, -0.1) is 0 Å². The summed E-state index contributed by atoms with van der Waals surface area (Å²) >= 11 is 0. The maximum absolute atomic E-state index is 12.0. The number of hydrogen-bond acceptors (Lipinski definition) is 4. The van der Waals surface area contributed by atoms with Crippen LogP contribution in [0.4, 0.5) is 8.78 Å². The minimum Gasteiger partial charge on any atom is -0.481 e. The highest BCUT2D eigenvalue weighted by atomic mass is 32.2. The van der Waals surface area contributed by atoms with Gasteiger partial charge in [0.15, 0.2) is 0 Å². The van der Waals surface area contributed by atoms with E-state index in [1.165, 1.54) is 0 Å². The summed E-state index contributed by atoms with van der Waals surface area (Å²) in [7, 11) is -3.96. The van der Waals surface area contributed by atoms with Gasteiger partial charge in [-0.05, 0) is 12.8 Å². The number of aliphatic hydroxyl groups is 1. The number of carbonyl (C=O) groups is 1. The standard InChI is InChI=1S/C9H16F2N2O5S/c10-8(11)7(14)5-12-19(17,18)13-3-1-6(2-4-13)9(15)16/h6-8,12,14H,1-5H2,(H,15,16). The van der Waals surface area contributed by atoms with Crippen molar-refractivity contribution in [1.29, 1.82) is 0 Å². The average molecular weight is 302 g/mol. The van der Waals surface area contributed by atoms with Crippen LogP contribution in [0, 0.1) is 5.92 Å². The second-order valence-electron chi connectivity index (χ2n) is 4.27. The van der Waals surface area contributed by atoms with Crippen molar-refractivity contribution >= 4 is 16.2 Å². The van der Waals surface area contributed by atoms with Crippen molar-refractivity contribution in [1.82, 2.24) is 9.03 Å². The van der Waals surface area contributed by atoms with E-state index in [1.54, 1.807) is 0 Å². The summed E-state index contributed by atoms with van der Waals surface area (Å²) in [5, 5.41) is 17.6. The third kappa shape index (κ3) is 4.64. The second-order valence-corrected chi connectivity index (χ2v) is 6.02. The largest absolute Gasteiger partial charge is 0.481 e. The Hall–Kier alpha value is -0.840. The number of carboxylic acid groups (broad SMARTS) is 1. The van der Waals surface area contributed by atoms with E-state index in [0.29, 0.717) is 0 Å². The molecule has 1 aliphatic rings. The Balaban J connectivity index is 2.49. The molecule has 1 unspecified atom stereocenters. The van der Waals surface area contributed by atoms with Gasteiger partial charge >= 0.3 is 5.97 Å². The number of halogens is 2. The molecule has 0 amide bonds. The van der Waals surface area contributed by atoms with Gasteiger partial charge in [0.05, 0.1) is 5.92 Å². The van der Waals surface area contributed by atoms with Crippen molar-refractivity contribution in [2.24, 2.45) is 5.92 Å². The highest BCUT2D eigenvalue weighted by Gasteiger charge is 2.31. The van der Waals surface area contributed by atoms with Gasteiger partial charge in [0.1, 0.15) is 6.10 Å². The van der Waals surface area contributed by atoms with E-state index in [4.69, 9.17) is 10.2 Å². The molecule has 19 heavy (non-hydrogen) atoms. The fourth-order valence-electron chi connectivity index (χ4n) is 1.71. The van der Waals surface area contributed by atoms with Gasteiger partial charge in [-0.25, -0.2) is 8.78 Å². The molecule has 7 nitrogen and oxygen atoms in total. The van der Waals surface area contributed by atoms with Crippen LogP contribution in [0.2, 0.25) is 0 Å². The van der Waals surface area contributed by atoms with Crippen LogP contribution in [-0.2, 0) is 15.0 Å². The number of aliphatic carboxylic acids is 1. The first-order valence-corrected chi connectivity index (χ1v) is 7.12. The van der Waals surface area contributed by atoms with Crippen LogP contribution in [-0.4, -0.2) is 61.1 Å². The third-order valence-electron chi connectivity index (χ3n) is 2.91. The summed E-state index contributed by atoms with van der Waals surface area (Å²) in [6.45, 7) is -0.757. The first-order chi connectivity index (χ1) is 8.74. The number of alkyl halides is 2. The smallest absolute Gasteiger partial charge is 0.306 e. The number of aliphatic hydroxyl groups excluding tert-OH is 1. The highest BCUT2D eigenvalue weighted by molar-refractivity contribution is 7.87. The first-order valence-electron chi connectivity index (χ1n) is 5.68. The zero-order chi connectivity index (χ0) is 14.6. The summed E-state index contributed by atoms with van der Waals surface area (Å²) in [6, 6.07) is 0. The number of nitrogens with zero attached hydrogens (tertiary/aromatic N) is 1. The molecule has 0 radical (unpaired) electrons. The molecule has 0 aromatic rings. The molecule has 0 aliphatic carbocycles. The van der Waals surface area contributed by atoms with Gasteiger partial charge in [0.2, 0.25) is 0 Å².